The first kappa shape index (κ1) is 23.6. The lowest BCUT2D eigenvalue weighted by Gasteiger charge is -2.22. The molecular weight excluding hydrogens is 435 g/mol. The van der Waals surface area contributed by atoms with Crippen molar-refractivity contribution in [2.24, 2.45) is 10.9 Å². The predicted octanol–water partition coefficient (Wildman–Crippen LogP) is 4.30. The Kier molecular flexibility index (Phi) is 12.7. The molecule has 1 atom stereocenters. The molecule has 5 nitrogen and oxygen atoms in total. The van der Waals surface area contributed by atoms with Crippen LogP contribution >= 0.6 is 35.3 Å². The molecule has 7 heteroatoms. The first-order valence-electron chi connectivity index (χ1n) is 8.52. The Morgan fingerprint density at radius 1 is 1.38 bits per heavy atom. The SMILES string of the molecule is CCNC(=NCC(CC)CC)N(C)Cc1csc(C(C)OC)n1.I. The summed E-state index contributed by atoms with van der Waals surface area (Å²) in [6, 6.07) is 0. The van der Waals surface area contributed by atoms with E-state index < -0.39 is 0 Å². The number of hydrogen-bond donors (Lipinski definition) is 1. The molecule has 1 heterocycles. The summed E-state index contributed by atoms with van der Waals surface area (Å²) < 4.78 is 5.33. The molecule has 1 aromatic heterocycles. The van der Waals surface area contributed by atoms with Crippen LogP contribution in [0, 0.1) is 5.92 Å². The maximum absolute atomic E-state index is 5.33. The number of thiazole rings is 1. The third kappa shape index (κ3) is 7.65. The number of aliphatic imine (C=N–C) groups is 1. The summed E-state index contributed by atoms with van der Waals surface area (Å²) in [5.41, 5.74) is 1.06. The minimum Gasteiger partial charge on any atom is -0.375 e. The standard InChI is InChI=1S/C17H32N4OS.HI/c1-7-14(8-2)10-19-17(18-9-3)21(5)11-15-12-23-16(20-15)13(4)22-6;/h12-14H,7-11H2,1-6H3,(H,18,19);1H. The van der Waals surface area contributed by atoms with Gasteiger partial charge in [-0.15, -0.1) is 35.3 Å². The summed E-state index contributed by atoms with van der Waals surface area (Å²) in [5.74, 6) is 1.61. The minimum absolute atomic E-state index is 0. The van der Waals surface area contributed by atoms with Crippen molar-refractivity contribution in [2.45, 2.75) is 53.2 Å². The maximum atomic E-state index is 5.33. The topological polar surface area (TPSA) is 49.8 Å². The average Bonchev–Trinajstić information content (AvgIpc) is 3.02. The Hall–Kier alpha value is -0.410. The van der Waals surface area contributed by atoms with Crippen LogP contribution in [0.15, 0.2) is 10.4 Å². The molecule has 0 saturated heterocycles. The number of halogens is 1. The van der Waals surface area contributed by atoms with E-state index in [1.165, 1.54) is 12.8 Å². The largest absolute Gasteiger partial charge is 0.375 e. The van der Waals surface area contributed by atoms with Crippen LogP contribution in [0.1, 0.15) is 57.3 Å². The predicted molar refractivity (Wildman–Crippen MR) is 114 cm³/mol. The smallest absolute Gasteiger partial charge is 0.194 e. The van der Waals surface area contributed by atoms with E-state index in [2.05, 4.69) is 48.4 Å². The van der Waals surface area contributed by atoms with Gasteiger partial charge < -0.3 is 15.0 Å². The van der Waals surface area contributed by atoms with Gasteiger partial charge in [-0.25, -0.2) is 4.98 Å². The molecule has 1 unspecified atom stereocenters. The maximum Gasteiger partial charge on any atom is 0.194 e. The zero-order chi connectivity index (χ0) is 17.2. The second kappa shape index (κ2) is 12.9. The van der Waals surface area contributed by atoms with E-state index in [1.54, 1.807) is 18.4 Å². The van der Waals surface area contributed by atoms with Gasteiger partial charge in [0, 0.05) is 32.6 Å². The molecule has 0 aliphatic heterocycles. The Balaban J connectivity index is 0.00000529. The van der Waals surface area contributed by atoms with E-state index in [9.17, 15) is 0 Å². The van der Waals surface area contributed by atoms with Crippen LogP contribution in [0.25, 0.3) is 0 Å². The molecule has 0 fully saturated rings. The molecule has 0 saturated carbocycles. The van der Waals surface area contributed by atoms with E-state index >= 15 is 0 Å². The molecule has 1 rings (SSSR count). The number of aromatic nitrogens is 1. The molecule has 0 bridgehead atoms. The first-order valence-corrected chi connectivity index (χ1v) is 9.40. The van der Waals surface area contributed by atoms with Gasteiger partial charge in [0.25, 0.3) is 0 Å². The number of nitrogens with zero attached hydrogens (tertiary/aromatic N) is 3. The monoisotopic (exact) mass is 468 g/mol. The average molecular weight is 468 g/mol. The fraction of sp³-hybridized carbons (Fsp3) is 0.765. The number of ether oxygens (including phenoxy) is 1. The Morgan fingerprint density at radius 3 is 2.58 bits per heavy atom. The van der Waals surface area contributed by atoms with E-state index in [4.69, 9.17) is 9.73 Å². The third-order valence-electron chi connectivity index (χ3n) is 4.02. The highest BCUT2D eigenvalue weighted by atomic mass is 127. The van der Waals surface area contributed by atoms with Gasteiger partial charge in [0.15, 0.2) is 5.96 Å². The zero-order valence-corrected chi connectivity index (χ0v) is 19.0. The van der Waals surface area contributed by atoms with Gasteiger partial charge in [0.2, 0.25) is 0 Å². The molecule has 0 amide bonds. The lowest BCUT2D eigenvalue weighted by molar-refractivity contribution is 0.119. The normalized spacial score (nSPS) is 12.9. The van der Waals surface area contributed by atoms with E-state index in [-0.39, 0.29) is 30.1 Å². The van der Waals surface area contributed by atoms with Crippen molar-refractivity contribution < 1.29 is 4.74 Å². The van der Waals surface area contributed by atoms with Gasteiger partial charge in [-0.3, -0.25) is 4.99 Å². The molecule has 0 radical (unpaired) electrons. The van der Waals surface area contributed by atoms with Crippen LogP contribution in [-0.2, 0) is 11.3 Å². The van der Waals surface area contributed by atoms with Crippen LogP contribution in [0.5, 0.6) is 0 Å². The van der Waals surface area contributed by atoms with Gasteiger partial charge in [0.05, 0.1) is 12.2 Å². The van der Waals surface area contributed by atoms with Gasteiger partial charge in [-0.2, -0.15) is 0 Å². The molecule has 0 aliphatic carbocycles. The molecular formula is C17H33IN4OS. The van der Waals surface area contributed by atoms with Crippen molar-refractivity contribution >= 4 is 41.3 Å². The summed E-state index contributed by atoms with van der Waals surface area (Å²) in [6.07, 6.45) is 2.40. The van der Waals surface area contributed by atoms with Gasteiger partial charge in [-0.1, -0.05) is 26.7 Å². The van der Waals surface area contributed by atoms with E-state index in [0.717, 1.165) is 36.3 Å². The van der Waals surface area contributed by atoms with Crippen LogP contribution < -0.4 is 5.32 Å². The van der Waals surface area contributed by atoms with Crippen LogP contribution in [-0.4, -0.2) is 43.1 Å². The highest BCUT2D eigenvalue weighted by molar-refractivity contribution is 14.0. The summed E-state index contributed by atoms with van der Waals surface area (Å²) >= 11 is 1.65. The van der Waals surface area contributed by atoms with Crippen molar-refractivity contribution in [3.05, 3.63) is 16.1 Å². The van der Waals surface area contributed by atoms with Crippen LogP contribution in [0.3, 0.4) is 0 Å². The van der Waals surface area contributed by atoms with Crippen molar-refractivity contribution in [1.29, 1.82) is 0 Å². The highest BCUT2D eigenvalue weighted by Gasteiger charge is 2.13. The zero-order valence-electron chi connectivity index (χ0n) is 15.8. The quantitative estimate of drug-likeness (QED) is 0.334. The van der Waals surface area contributed by atoms with Gasteiger partial charge >= 0.3 is 0 Å². The van der Waals surface area contributed by atoms with E-state index in [0.29, 0.717) is 5.92 Å². The summed E-state index contributed by atoms with van der Waals surface area (Å²) in [6.45, 7) is 11.1. The fourth-order valence-electron chi connectivity index (χ4n) is 2.23. The van der Waals surface area contributed by atoms with Crippen LogP contribution in [0.4, 0.5) is 0 Å². The summed E-state index contributed by atoms with van der Waals surface area (Å²) in [7, 11) is 3.78. The number of nitrogens with one attached hydrogen (secondary N) is 1. The Morgan fingerprint density at radius 2 is 2.04 bits per heavy atom. The number of rotatable bonds is 9. The van der Waals surface area contributed by atoms with Gasteiger partial charge in [0.1, 0.15) is 11.1 Å². The Labute approximate surface area is 168 Å². The number of guanidine groups is 1. The van der Waals surface area contributed by atoms with Crippen molar-refractivity contribution in [2.75, 3.05) is 27.2 Å². The third-order valence-corrected chi connectivity index (χ3v) is 5.08. The lowest BCUT2D eigenvalue weighted by Crippen LogP contribution is -2.38. The highest BCUT2D eigenvalue weighted by Crippen LogP contribution is 2.21. The molecule has 0 aliphatic rings. The first-order chi connectivity index (χ1) is 11.0. The van der Waals surface area contributed by atoms with Crippen molar-refractivity contribution in [1.82, 2.24) is 15.2 Å². The molecule has 1 aromatic rings. The second-order valence-electron chi connectivity index (χ2n) is 5.79. The van der Waals surface area contributed by atoms with Crippen LogP contribution in [0.2, 0.25) is 0 Å². The molecule has 140 valence electrons. The number of hydrogen-bond acceptors (Lipinski definition) is 4. The van der Waals surface area contributed by atoms with Crippen molar-refractivity contribution in [3.63, 3.8) is 0 Å². The molecule has 0 aromatic carbocycles. The lowest BCUT2D eigenvalue weighted by atomic mass is 10.0. The molecule has 0 spiro atoms. The molecule has 24 heavy (non-hydrogen) atoms. The van der Waals surface area contributed by atoms with Crippen molar-refractivity contribution in [3.8, 4) is 0 Å². The minimum atomic E-state index is 0. The van der Waals surface area contributed by atoms with E-state index in [1.807, 2.05) is 6.92 Å². The Bertz CT molecular complexity index is 477. The summed E-state index contributed by atoms with van der Waals surface area (Å²) in [4.78, 5) is 11.6. The van der Waals surface area contributed by atoms with Gasteiger partial charge in [-0.05, 0) is 19.8 Å². The number of methoxy groups -OCH3 is 1. The molecule has 1 N–H and O–H groups in total. The summed E-state index contributed by atoms with van der Waals surface area (Å²) in [5, 5.41) is 6.50. The second-order valence-corrected chi connectivity index (χ2v) is 6.68. The fourth-order valence-corrected chi connectivity index (χ4v) is 3.07.